The Labute approximate surface area is 326 Å². The molecule has 0 saturated carbocycles. The topological polar surface area (TPSA) is 158 Å². The van der Waals surface area contributed by atoms with Gasteiger partial charge in [0.25, 0.3) is 0 Å². The second kappa shape index (κ2) is 16.7. The highest BCUT2D eigenvalue weighted by Gasteiger charge is 2.59. The zero-order valence-electron chi connectivity index (χ0n) is 32.5. The number of nitrogens with one attached hydrogen (secondary N) is 1. The van der Waals surface area contributed by atoms with E-state index in [0.29, 0.717) is 11.1 Å². The molecule has 13 nitrogen and oxygen atoms in total. The number of amides is 2. The van der Waals surface area contributed by atoms with Crippen LogP contribution in [0.1, 0.15) is 74.8 Å². The second-order valence-corrected chi connectivity index (χ2v) is 15.5. The first-order valence-corrected chi connectivity index (χ1v) is 18.8. The minimum atomic E-state index is -1.21. The molecule has 0 aliphatic carbocycles. The van der Waals surface area contributed by atoms with Crippen molar-refractivity contribution >= 4 is 35.7 Å². The molecule has 0 spiro atoms. The normalized spacial score (nSPS) is 27.4. The summed E-state index contributed by atoms with van der Waals surface area (Å²) in [6.45, 7) is 5.24. The van der Waals surface area contributed by atoms with Crippen LogP contribution < -0.4 is 5.32 Å². The Balaban J connectivity index is 1.48. The van der Waals surface area contributed by atoms with Gasteiger partial charge in [-0.15, -0.1) is 0 Å². The standard InChI is InChI=1S/C43H49N3O10/c1-43(2,3)56-39(49)30-24-33(42(52)55-6)46(36(30)27-20-14-9-15-21-27)38(48)29-23-32(41(51)54-5)45(35(29)26-18-12-8-13-19-26)37(47)28-22-31(40(50)53-4)44-34(28)25-16-10-7-11-17-25/h7-21,28-36,44H,22-24H2,1-6H3. The van der Waals surface area contributed by atoms with Gasteiger partial charge in [-0.3, -0.25) is 24.5 Å². The molecule has 3 saturated heterocycles. The van der Waals surface area contributed by atoms with Crippen molar-refractivity contribution in [2.75, 3.05) is 21.3 Å². The van der Waals surface area contributed by atoms with Crippen LogP contribution in [0.4, 0.5) is 0 Å². The number of likely N-dealkylation sites (tertiary alicyclic amines) is 2. The quantitative estimate of drug-likeness (QED) is 0.242. The van der Waals surface area contributed by atoms with Crippen molar-refractivity contribution in [3.63, 3.8) is 0 Å². The molecule has 0 bridgehead atoms. The summed E-state index contributed by atoms with van der Waals surface area (Å²) in [4.78, 5) is 87.8. The van der Waals surface area contributed by atoms with E-state index >= 15 is 9.59 Å². The van der Waals surface area contributed by atoms with Crippen LogP contribution in [0.2, 0.25) is 0 Å². The van der Waals surface area contributed by atoms with Gasteiger partial charge in [0.1, 0.15) is 23.7 Å². The molecule has 0 radical (unpaired) electrons. The molecule has 3 aliphatic heterocycles. The number of carbonyl (C=O) groups excluding carboxylic acids is 6. The molecule has 3 heterocycles. The van der Waals surface area contributed by atoms with Gasteiger partial charge in [-0.25, -0.2) is 9.59 Å². The van der Waals surface area contributed by atoms with Gasteiger partial charge in [-0.1, -0.05) is 91.0 Å². The number of hydrogen-bond donors (Lipinski definition) is 1. The lowest BCUT2D eigenvalue weighted by atomic mass is 9.88. The van der Waals surface area contributed by atoms with E-state index in [4.69, 9.17) is 18.9 Å². The third-order valence-electron chi connectivity index (χ3n) is 11.0. The molecule has 3 aliphatic rings. The summed E-state index contributed by atoms with van der Waals surface area (Å²) >= 11 is 0. The van der Waals surface area contributed by atoms with Gasteiger partial charge in [-0.2, -0.15) is 0 Å². The number of esters is 4. The largest absolute Gasteiger partial charge is 0.468 e. The summed E-state index contributed by atoms with van der Waals surface area (Å²) in [5, 5.41) is 3.28. The molecule has 3 fully saturated rings. The van der Waals surface area contributed by atoms with Crippen LogP contribution >= 0.6 is 0 Å². The first kappa shape index (κ1) is 40.1. The number of nitrogens with zero attached hydrogens (tertiary/aromatic N) is 2. The first-order valence-electron chi connectivity index (χ1n) is 18.8. The summed E-state index contributed by atoms with van der Waals surface area (Å²) in [6, 6.07) is 21.3. The van der Waals surface area contributed by atoms with Crippen molar-refractivity contribution < 1.29 is 47.7 Å². The minimum Gasteiger partial charge on any atom is -0.468 e. The SMILES string of the molecule is COC(=O)C1CC(C(=O)N2C(C(=O)OC)CC(C(=O)N3C(C(=O)OC)CC(C(=O)OC(C)(C)C)C3c3ccccc3)C2c2ccccc2)C(c2ccccc2)N1. The van der Waals surface area contributed by atoms with Crippen molar-refractivity contribution in [1.82, 2.24) is 15.1 Å². The van der Waals surface area contributed by atoms with Gasteiger partial charge in [0, 0.05) is 6.04 Å². The lowest BCUT2D eigenvalue weighted by Crippen LogP contribution is -2.48. The van der Waals surface area contributed by atoms with Gasteiger partial charge >= 0.3 is 23.9 Å². The Hall–Kier alpha value is -5.56. The van der Waals surface area contributed by atoms with Crippen LogP contribution in [0.15, 0.2) is 91.0 Å². The smallest absolute Gasteiger partial charge is 0.328 e. The maximum Gasteiger partial charge on any atom is 0.328 e. The zero-order valence-corrected chi connectivity index (χ0v) is 32.5. The number of hydrogen-bond acceptors (Lipinski definition) is 11. The Bertz CT molecular complexity index is 1920. The Morgan fingerprint density at radius 2 is 0.946 bits per heavy atom. The van der Waals surface area contributed by atoms with Crippen LogP contribution in [0.25, 0.3) is 0 Å². The van der Waals surface area contributed by atoms with Gasteiger partial charge in [0.05, 0.1) is 51.2 Å². The number of carbonyl (C=O) groups is 6. The zero-order chi connectivity index (χ0) is 40.3. The highest BCUT2D eigenvalue weighted by molar-refractivity contribution is 5.94. The van der Waals surface area contributed by atoms with E-state index < -0.39 is 95.3 Å². The van der Waals surface area contributed by atoms with E-state index in [1.165, 1.54) is 31.1 Å². The summed E-state index contributed by atoms with van der Waals surface area (Å²) in [6.07, 6.45) is -0.143. The van der Waals surface area contributed by atoms with Crippen LogP contribution in [-0.4, -0.2) is 90.5 Å². The molecule has 3 aromatic carbocycles. The predicted molar refractivity (Wildman–Crippen MR) is 202 cm³/mol. The number of methoxy groups -OCH3 is 3. The molecular formula is C43H49N3O10. The van der Waals surface area contributed by atoms with Gasteiger partial charge < -0.3 is 28.7 Å². The monoisotopic (exact) mass is 767 g/mol. The van der Waals surface area contributed by atoms with E-state index in [1.54, 1.807) is 75.4 Å². The van der Waals surface area contributed by atoms with E-state index in [-0.39, 0.29) is 19.3 Å². The summed E-state index contributed by atoms with van der Waals surface area (Å²) in [5.74, 6) is -6.43. The van der Waals surface area contributed by atoms with E-state index in [2.05, 4.69) is 5.32 Å². The lowest BCUT2D eigenvalue weighted by molar-refractivity contribution is -0.161. The summed E-state index contributed by atoms with van der Waals surface area (Å²) in [5.41, 5.74) is 1.08. The van der Waals surface area contributed by atoms with Gasteiger partial charge in [0.2, 0.25) is 11.8 Å². The average molecular weight is 768 g/mol. The second-order valence-electron chi connectivity index (χ2n) is 15.5. The summed E-state index contributed by atoms with van der Waals surface area (Å²) in [7, 11) is 3.72. The molecular weight excluding hydrogens is 718 g/mol. The fourth-order valence-corrected chi connectivity index (χ4v) is 8.65. The fraction of sp³-hybridized carbons (Fsp3) is 0.442. The first-order chi connectivity index (χ1) is 26.8. The molecule has 1 N–H and O–H groups in total. The fourth-order valence-electron chi connectivity index (χ4n) is 8.65. The Morgan fingerprint density at radius 3 is 1.39 bits per heavy atom. The molecule has 9 unspecified atom stereocenters. The maximum absolute atomic E-state index is 15.5. The molecule has 13 heteroatoms. The third-order valence-corrected chi connectivity index (χ3v) is 11.0. The van der Waals surface area contributed by atoms with E-state index in [9.17, 15) is 19.2 Å². The molecule has 0 aromatic heterocycles. The maximum atomic E-state index is 15.5. The van der Waals surface area contributed by atoms with Crippen molar-refractivity contribution in [2.45, 2.75) is 81.9 Å². The van der Waals surface area contributed by atoms with E-state index in [1.807, 2.05) is 36.4 Å². The molecule has 296 valence electrons. The van der Waals surface area contributed by atoms with E-state index in [0.717, 1.165) is 5.56 Å². The molecule has 56 heavy (non-hydrogen) atoms. The van der Waals surface area contributed by atoms with Crippen LogP contribution in [-0.2, 0) is 47.7 Å². The number of benzene rings is 3. The highest BCUT2D eigenvalue weighted by Crippen LogP contribution is 2.50. The lowest BCUT2D eigenvalue weighted by Gasteiger charge is -2.37. The summed E-state index contributed by atoms with van der Waals surface area (Å²) < 4.78 is 21.4. The van der Waals surface area contributed by atoms with Crippen molar-refractivity contribution in [3.8, 4) is 0 Å². The van der Waals surface area contributed by atoms with Crippen LogP contribution in [0, 0.1) is 17.8 Å². The molecule has 3 aromatic rings. The number of rotatable bonds is 9. The minimum absolute atomic E-state index is 0.0692. The predicted octanol–water partition coefficient (Wildman–Crippen LogP) is 4.48. The van der Waals surface area contributed by atoms with Crippen molar-refractivity contribution in [1.29, 1.82) is 0 Å². The molecule has 2 amide bonds. The Kier molecular flexibility index (Phi) is 11.9. The average Bonchev–Trinajstić information content (AvgIpc) is 3.95. The Morgan fingerprint density at radius 1 is 0.536 bits per heavy atom. The molecule has 9 atom stereocenters. The van der Waals surface area contributed by atoms with Crippen molar-refractivity contribution in [2.24, 2.45) is 17.8 Å². The van der Waals surface area contributed by atoms with Crippen LogP contribution in [0.5, 0.6) is 0 Å². The molecule has 6 rings (SSSR count). The van der Waals surface area contributed by atoms with Gasteiger partial charge in [-0.05, 0) is 56.7 Å². The number of ether oxygens (including phenoxy) is 4. The highest BCUT2D eigenvalue weighted by atomic mass is 16.6. The van der Waals surface area contributed by atoms with Crippen LogP contribution in [0.3, 0.4) is 0 Å². The third kappa shape index (κ3) is 7.90. The van der Waals surface area contributed by atoms with Crippen molar-refractivity contribution in [3.05, 3.63) is 108 Å². The van der Waals surface area contributed by atoms with Gasteiger partial charge in [0.15, 0.2) is 0 Å².